The van der Waals surface area contributed by atoms with E-state index in [-0.39, 0.29) is 5.91 Å². The molecule has 0 aromatic heterocycles. The molecule has 140 valence electrons. The lowest BCUT2D eigenvalue weighted by Crippen LogP contribution is -2.49. The zero-order chi connectivity index (χ0) is 18.4. The van der Waals surface area contributed by atoms with E-state index in [0.717, 1.165) is 68.4 Å². The molecule has 1 aliphatic heterocycles. The van der Waals surface area contributed by atoms with Crippen LogP contribution in [-0.4, -0.2) is 60.1 Å². The van der Waals surface area contributed by atoms with Gasteiger partial charge in [-0.15, -0.1) is 0 Å². The number of aromatic hydroxyl groups is 1. The molecular weight excluding hydrogens is 326 g/mol. The molecule has 0 radical (unpaired) electrons. The smallest absolute Gasteiger partial charge is 0.234 e. The van der Waals surface area contributed by atoms with Crippen molar-refractivity contribution in [2.24, 2.45) is 0 Å². The second-order valence-corrected chi connectivity index (χ2v) is 7.04. The number of unbranched alkanes of at least 4 members (excludes halogenated alkanes) is 1. The molecular formula is C21H29N3O2. The van der Waals surface area contributed by atoms with E-state index in [1.165, 1.54) is 0 Å². The van der Waals surface area contributed by atoms with Gasteiger partial charge in [0.15, 0.2) is 0 Å². The van der Waals surface area contributed by atoms with E-state index in [9.17, 15) is 9.90 Å². The first-order chi connectivity index (χ1) is 12.7. The summed E-state index contributed by atoms with van der Waals surface area (Å²) in [6.45, 7) is 7.70. The lowest BCUT2D eigenvalue weighted by molar-refractivity contribution is -0.122. The van der Waals surface area contributed by atoms with Gasteiger partial charge in [0.25, 0.3) is 0 Å². The zero-order valence-electron chi connectivity index (χ0n) is 15.6. The number of phenolic OH excluding ortho intramolecular Hbond substituents is 1. The molecule has 1 fully saturated rings. The third kappa shape index (κ3) is 4.74. The predicted molar refractivity (Wildman–Crippen MR) is 105 cm³/mol. The molecule has 5 nitrogen and oxygen atoms in total. The summed E-state index contributed by atoms with van der Waals surface area (Å²) in [5.74, 6) is 0.486. The molecule has 0 aliphatic carbocycles. The van der Waals surface area contributed by atoms with Crippen LogP contribution in [0.1, 0.15) is 25.3 Å². The maximum absolute atomic E-state index is 12.0. The van der Waals surface area contributed by atoms with Crippen LogP contribution in [0.4, 0.5) is 0 Å². The van der Waals surface area contributed by atoms with Crippen LogP contribution in [0, 0.1) is 0 Å². The van der Waals surface area contributed by atoms with E-state index >= 15 is 0 Å². The number of benzene rings is 2. The minimum absolute atomic E-state index is 0.124. The van der Waals surface area contributed by atoms with Gasteiger partial charge >= 0.3 is 0 Å². The largest absolute Gasteiger partial charge is 0.508 e. The highest BCUT2D eigenvalue weighted by molar-refractivity contribution is 5.87. The summed E-state index contributed by atoms with van der Waals surface area (Å²) in [7, 11) is 0. The molecule has 0 unspecified atom stereocenters. The number of nitrogens with one attached hydrogen (secondary N) is 1. The fourth-order valence-electron chi connectivity index (χ4n) is 3.48. The molecule has 1 aliphatic rings. The third-order valence-electron chi connectivity index (χ3n) is 5.08. The molecule has 1 saturated heterocycles. The van der Waals surface area contributed by atoms with E-state index in [1.54, 1.807) is 6.07 Å². The van der Waals surface area contributed by atoms with Gasteiger partial charge in [-0.1, -0.05) is 43.7 Å². The molecule has 2 aromatic rings. The number of carbonyl (C=O) groups excluding carboxylic acids is 1. The van der Waals surface area contributed by atoms with E-state index in [1.807, 2.05) is 18.2 Å². The van der Waals surface area contributed by atoms with Crippen molar-refractivity contribution >= 4 is 16.7 Å². The van der Waals surface area contributed by atoms with Crippen LogP contribution >= 0.6 is 0 Å². The Morgan fingerprint density at radius 3 is 2.58 bits per heavy atom. The average Bonchev–Trinajstić information content (AvgIpc) is 2.66. The summed E-state index contributed by atoms with van der Waals surface area (Å²) < 4.78 is 0. The molecule has 0 spiro atoms. The number of fused-ring (bicyclic) bond motifs is 1. The van der Waals surface area contributed by atoms with Crippen LogP contribution in [0.25, 0.3) is 10.8 Å². The normalized spacial score (nSPS) is 16.0. The SMILES string of the molecule is CCCCNC(=O)CN1CCN(Cc2c(O)ccc3ccccc23)CC1. The van der Waals surface area contributed by atoms with Crippen molar-refractivity contribution in [1.82, 2.24) is 15.1 Å². The van der Waals surface area contributed by atoms with Gasteiger partial charge < -0.3 is 10.4 Å². The summed E-state index contributed by atoms with van der Waals surface area (Å²) >= 11 is 0. The number of phenols is 1. The Hall–Kier alpha value is -2.11. The van der Waals surface area contributed by atoms with E-state index in [4.69, 9.17) is 0 Å². The van der Waals surface area contributed by atoms with Gasteiger partial charge in [0.2, 0.25) is 5.91 Å². The third-order valence-corrected chi connectivity index (χ3v) is 5.08. The number of piperazine rings is 1. The highest BCUT2D eigenvalue weighted by Crippen LogP contribution is 2.28. The zero-order valence-corrected chi connectivity index (χ0v) is 15.6. The highest BCUT2D eigenvalue weighted by atomic mass is 16.3. The monoisotopic (exact) mass is 355 g/mol. The Bertz CT molecular complexity index is 739. The molecule has 3 rings (SSSR count). The predicted octanol–water partition coefficient (Wildman–Crippen LogP) is 2.58. The van der Waals surface area contributed by atoms with Crippen molar-refractivity contribution in [3.05, 3.63) is 42.0 Å². The van der Waals surface area contributed by atoms with Gasteiger partial charge in [-0.05, 0) is 23.3 Å². The summed E-state index contributed by atoms with van der Waals surface area (Å²) in [6, 6.07) is 11.9. The van der Waals surface area contributed by atoms with Crippen LogP contribution in [0.3, 0.4) is 0 Å². The Balaban J connectivity index is 1.53. The number of carbonyl (C=O) groups is 1. The number of rotatable bonds is 7. The second-order valence-electron chi connectivity index (χ2n) is 7.04. The topological polar surface area (TPSA) is 55.8 Å². The van der Waals surface area contributed by atoms with Gasteiger partial charge in [0.05, 0.1) is 6.54 Å². The van der Waals surface area contributed by atoms with Crippen molar-refractivity contribution in [3.8, 4) is 5.75 Å². The standard InChI is InChI=1S/C21H29N3O2/c1-2-3-10-22-21(26)16-24-13-11-23(12-14-24)15-19-18-7-5-4-6-17(18)8-9-20(19)25/h4-9,25H,2-3,10-16H2,1H3,(H,22,26). The lowest BCUT2D eigenvalue weighted by Gasteiger charge is -2.34. The minimum Gasteiger partial charge on any atom is -0.508 e. The highest BCUT2D eigenvalue weighted by Gasteiger charge is 2.20. The molecule has 1 heterocycles. The average molecular weight is 355 g/mol. The summed E-state index contributed by atoms with van der Waals surface area (Å²) in [4.78, 5) is 16.5. The van der Waals surface area contributed by atoms with Gasteiger partial charge in [-0.25, -0.2) is 0 Å². The molecule has 0 bridgehead atoms. The van der Waals surface area contributed by atoms with E-state index < -0.39 is 0 Å². The maximum atomic E-state index is 12.0. The number of hydrogen-bond donors (Lipinski definition) is 2. The van der Waals surface area contributed by atoms with Crippen molar-refractivity contribution in [2.75, 3.05) is 39.3 Å². The Kier molecular flexibility index (Phi) is 6.47. The lowest BCUT2D eigenvalue weighted by atomic mass is 10.0. The molecule has 1 amide bonds. The van der Waals surface area contributed by atoms with Crippen LogP contribution in [0.5, 0.6) is 5.75 Å². The number of nitrogens with zero attached hydrogens (tertiary/aromatic N) is 2. The molecule has 0 atom stereocenters. The molecule has 2 N–H and O–H groups in total. The summed E-state index contributed by atoms with van der Waals surface area (Å²) in [5.41, 5.74) is 0.994. The first kappa shape index (κ1) is 18.7. The summed E-state index contributed by atoms with van der Waals surface area (Å²) in [6.07, 6.45) is 2.13. The fraction of sp³-hybridized carbons (Fsp3) is 0.476. The van der Waals surface area contributed by atoms with Gasteiger partial charge in [0.1, 0.15) is 5.75 Å². The van der Waals surface area contributed by atoms with Gasteiger partial charge in [-0.2, -0.15) is 0 Å². The van der Waals surface area contributed by atoms with Crippen molar-refractivity contribution in [1.29, 1.82) is 0 Å². The van der Waals surface area contributed by atoms with E-state index in [2.05, 4.69) is 34.2 Å². The van der Waals surface area contributed by atoms with Crippen LogP contribution in [0.2, 0.25) is 0 Å². The second kappa shape index (κ2) is 9.01. The molecule has 2 aromatic carbocycles. The summed E-state index contributed by atoms with van der Waals surface area (Å²) in [5, 5.41) is 15.6. The Morgan fingerprint density at radius 1 is 1.08 bits per heavy atom. The first-order valence-electron chi connectivity index (χ1n) is 9.58. The van der Waals surface area contributed by atoms with Crippen LogP contribution < -0.4 is 5.32 Å². The number of hydrogen-bond acceptors (Lipinski definition) is 4. The van der Waals surface area contributed by atoms with Crippen LogP contribution in [0.15, 0.2) is 36.4 Å². The molecule has 26 heavy (non-hydrogen) atoms. The maximum Gasteiger partial charge on any atom is 0.234 e. The van der Waals surface area contributed by atoms with Gasteiger partial charge in [-0.3, -0.25) is 14.6 Å². The minimum atomic E-state index is 0.124. The first-order valence-corrected chi connectivity index (χ1v) is 9.58. The van der Waals surface area contributed by atoms with E-state index in [0.29, 0.717) is 12.3 Å². The Morgan fingerprint density at radius 2 is 1.81 bits per heavy atom. The van der Waals surface area contributed by atoms with Crippen molar-refractivity contribution < 1.29 is 9.90 Å². The van der Waals surface area contributed by atoms with Crippen molar-refractivity contribution in [3.63, 3.8) is 0 Å². The molecule has 0 saturated carbocycles. The molecule has 5 heteroatoms. The quantitative estimate of drug-likeness (QED) is 0.750. The van der Waals surface area contributed by atoms with Gasteiger partial charge in [0, 0.05) is 44.8 Å². The Labute approximate surface area is 155 Å². The van der Waals surface area contributed by atoms with Crippen molar-refractivity contribution in [2.45, 2.75) is 26.3 Å². The van der Waals surface area contributed by atoms with Crippen LogP contribution in [-0.2, 0) is 11.3 Å². The fourth-order valence-corrected chi connectivity index (χ4v) is 3.48. The number of amides is 1.